The summed E-state index contributed by atoms with van der Waals surface area (Å²) < 4.78 is 21.9. The number of fused-ring (bicyclic) bond motifs is 1. The van der Waals surface area contributed by atoms with Crippen molar-refractivity contribution in [2.45, 2.75) is 85.5 Å². The molecule has 39 heavy (non-hydrogen) atoms. The summed E-state index contributed by atoms with van der Waals surface area (Å²) in [7, 11) is -4.03. The molecule has 11 nitrogen and oxygen atoms in total. The van der Waals surface area contributed by atoms with Crippen molar-refractivity contribution in [1.82, 2.24) is 0 Å². The number of hydrogen-bond acceptors (Lipinski definition) is 11. The first-order valence-electron chi connectivity index (χ1n) is 14.4. The first-order valence-corrected chi connectivity index (χ1v) is 16.3. The van der Waals surface area contributed by atoms with E-state index < -0.39 is 44.3 Å². The van der Waals surface area contributed by atoms with Crippen molar-refractivity contribution >= 4 is 31.3 Å². The zero-order valence-corrected chi connectivity index (χ0v) is 24.9. The van der Waals surface area contributed by atoms with E-state index in [1.807, 2.05) is 27.7 Å². The van der Waals surface area contributed by atoms with Crippen LogP contribution in [0.25, 0.3) is 0 Å². The van der Waals surface area contributed by atoms with Gasteiger partial charge < -0.3 is 0 Å². The number of anilines is 2. The molecule has 0 unspecified atom stereocenters. The number of carbonyl (C=O) groups is 2. The SMILES string of the molecule is CCCC(CCC)C(=O)OCO[PH](O)(CCN1CCCNc2c1c(=O)c2=O)OCOC(=O)C(CCC)CCC. The van der Waals surface area contributed by atoms with Crippen LogP contribution in [0.5, 0.6) is 0 Å². The van der Waals surface area contributed by atoms with Crippen LogP contribution >= 0.6 is 7.94 Å². The number of rotatable bonds is 19. The Bertz CT molecular complexity index is 933. The molecule has 12 heteroatoms. The van der Waals surface area contributed by atoms with E-state index in [1.54, 1.807) is 4.90 Å². The van der Waals surface area contributed by atoms with Gasteiger partial charge >= 0.3 is 232 Å². The second kappa shape index (κ2) is 16.9. The zero-order chi connectivity index (χ0) is 28.8. The van der Waals surface area contributed by atoms with Crippen LogP contribution in [-0.4, -0.2) is 56.2 Å². The van der Waals surface area contributed by atoms with Gasteiger partial charge in [0.05, 0.1) is 0 Å². The molecule has 0 radical (unpaired) electrons. The number of nitrogens with one attached hydrogen (secondary N) is 1. The predicted molar refractivity (Wildman–Crippen MR) is 153 cm³/mol. The van der Waals surface area contributed by atoms with Crippen molar-refractivity contribution in [1.29, 1.82) is 0 Å². The summed E-state index contributed by atoms with van der Waals surface area (Å²) in [6.07, 6.45) is 6.83. The summed E-state index contributed by atoms with van der Waals surface area (Å²) in [5.74, 6) is -1.27. The van der Waals surface area contributed by atoms with Crippen LogP contribution in [-0.2, 0) is 28.1 Å². The Hall–Kier alpha value is -2.07. The second-order valence-electron chi connectivity index (χ2n) is 10.1. The fraction of sp³-hybridized carbons (Fsp3) is 0.778. The molecule has 0 aliphatic carbocycles. The molecule has 0 saturated carbocycles. The topological polar surface area (TPSA) is 141 Å². The maximum absolute atomic E-state index is 12.5. The number of carbonyl (C=O) groups excluding carboxylic acids is 2. The van der Waals surface area contributed by atoms with Crippen LogP contribution in [0, 0.1) is 11.8 Å². The monoisotopic (exact) mass is 574 g/mol. The normalized spacial score (nSPS) is 14.3. The van der Waals surface area contributed by atoms with Crippen LogP contribution in [0.15, 0.2) is 9.59 Å². The Morgan fingerprint density at radius 1 is 0.872 bits per heavy atom. The van der Waals surface area contributed by atoms with Crippen LogP contribution in [0.3, 0.4) is 0 Å². The van der Waals surface area contributed by atoms with Gasteiger partial charge in [-0.25, -0.2) is 0 Å². The predicted octanol–water partition coefficient (Wildman–Crippen LogP) is 3.86. The van der Waals surface area contributed by atoms with Crippen molar-refractivity contribution < 1.29 is 33.0 Å². The third kappa shape index (κ3) is 9.81. The van der Waals surface area contributed by atoms with Gasteiger partial charge in [-0.3, -0.25) is 0 Å². The first kappa shape index (κ1) is 33.1. The minimum absolute atomic E-state index is 0.0267. The number of hydrogen-bond donors (Lipinski definition) is 2. The summed E-state index contributed by atoms with van der Waals surface area (Å²) in [6.45, 7) is 8.23. The van der Waals surface area contributed by atoms with E-state index in [0.717, 1.165) is 25.7 Å². The summed E-state index contributed by atoms with van der Waals surface area (Å²) in [5.41, 5.74) is -0.512. The third-order valence-electron chi connectivity index (χ3n) is 6.99. The van der Waals surface area contributed by atoms with E-state index in [2.05, 4.69) is 5.32 Å². The fourth-order valence-electron chi connectivity index (χ4n) is 4.88. The average molecular weight is 575 g/mol. The molecule has 1 aromatic rings. The molecule has 1 aliphatic rings. The van der Waals surface area contributed by atoms with Crippen molar-refractivity contribution in [3.8, 4) is 0 Å². The van der Waals surface area contributed by atoms with E-state index in [1.165, 1.54) is 0 Å². The van der Waals surface area contributed by atoms with Gasteiger partial charge in [0.25, 0.3) is 0 Å². The first-order chi connectivity index (χ1) is 18.7. The molecule has 0 spiro atoms. The number of nitrogens with zero attached hydrogens (tertiary/aromatic N) is 1. The molecule has 0 amide bonds. The molecule has 2 rings (SSSR count). The molecule has 0 saturated heterocycles. The molecule has 1 aromatic carbocycles. The maximum atomic E-state index is 12.5. The Morgan fingerprint density at radius 3 is 1.82 bits per heavy atom. The van der Waals surface area contributed by atoms with Crippen LogP contribution in [0.4, 0.5) is 11.4 Å². The van der Waals surface area contributed by atoms with Gasteiger partial charge in [0, 0.05) is 0 Å². The Labute approximate surface area is 231 Å². The van der Waals surface area contributed by atoms with Gasteiger partial charge in [0.1, 0.15) is 0 Å². The van der Waals surface area contributed by atoms with E-state index in [4.69, 9.17) is 18.5 Å². The van der Waals surface area contributed by atoms with Crippen molar-refractivity contribution in [2.75, 3.05) is 49.6 Å². The van der Waals surface area contributed by atoms with Crippen LogP contribution in [0.2, 0.25) is 0 Å². The Balaban J connectivity index is 2.05. The molecular weight excluding hydrogens is 527 g/mol. The van der Waals surface area contributed by atoms with Crippen LogP contribution in [0.1, 0.15) is 85.5 Å². The van der Waals surface area contributed by atoms with Gasteiger partial charge in [-0.15, -0.1) is 0 Å². The summed E-state index contributed by atoms with van der Waals surface area (Å²) in [6, 6.07) is 0. The molecule has 0 bridgehead atoms. The van der Waals surface area contributed by atoms with Gasteiger partial charge in [-0.05, 0) is 0 Å². The molecule has 0 atom stereocenters. The van der Waals surface area contributed by atoms with Gasteiger partial charge in [0.2, 0.25) is 0 Å². The zero-order valence-electron chi connectivity index (χ0n) is 23.9. The standard InChI is InChI=1S/C27H47N2O9P/c1-5-10-20(11-6-2)26(32)35-18-37-39(34,38-19-36-27(33)21(12-7-3)13-8-4)17-16-29-15-9-14-28-22-23(29)25(31)24(22)30/h20-21,28,34,39H,5-19H2,1-4H3. The molecule has 1 heterocycles. The van der Waals surface area contributed by atoms with E-state index >= 15 is 0 Å². The van der Waals surface area contributed by atoms with Gasteiger partial charge in [-0.1, -0.05) is 0 Å². The summed E-state index contributed by atoms with van der Waals surface area (Å²) >= 11 is 0. The fourth-order valence-corrected chi connectivity index (χ4v) is 6.29. The quantitative estimate of drug-likeness (QED) is 0.108. The van der Waals surface area contributed by atoms with Crippen molar-refractivity contribution in [3.05, 3.63) is 20.4 Å². The van der Waals surface area contributed by atoms with Gasteiger partial charge in [0.15, 0.2) is 0 Å². The van der Waals surface area contributed by atoms with E-state index in [9.17, 15) is 24.1 Å². The minimum atomic E-state index is -4.03. The van der Waals surface area contributed by atoms with E-state index in [-0.39, 0.29) is 24.5 Å². The van der Waals surface area contributed by atoms with Gasteiger partial charge in [-0.2, -0.15) is 0 Å². The molecular formula is C27H47N2O9P. The Morgan fingerprint density at radius 2 is 1.36 bits per heavy atom. The molecule has 0 aromatic heterocycles. The van der Waals surface area contributed by atoms with Crippen LogP contribution < -0.4 is 21.1 Å². The summed E-state index contributed by atoms with van der Waals surface area (Å²) in [4.78, 5) is 62.2. The number of esters is 2. The Kier molecular flexibility index (Phi) is 14.4. The molecule has 224 valence electrons. The number of ether oxygens (including phenoxy) is 2. The van der Waals surface area contributed by atoms with E-state index in [0.29, 0.717) is 56.6 Å². The molecule has 2 N–H and O–H groups in total. The summed E-state index contributed by atoms with van der Waals surface area (Å²) in [5, 5.41) is 2.98. The van der Waals surface area contributed by atoms with Crippen molar-refractivity contribution in [3.63, 3.8) is 0 Å². The van der Waals surface area contributed by atoms with Crippen molar-refractivity contribution in [2.24, 2.45) is 11.8 Å². The molecule has 1 aliphatic heterocycles. The second-order valence-corrected chi connectivity index (χ2v) is 12.6. The third-order valence-corrected chi connectivity index (χ3v) is 8.99. The average Bonchev–Trinajstić information content (AvgIpc) is 3.11. The molecule has 0 fully saturated rings.